The zero-order valence-electron chi connectivity index (χ0n) is 15.4. The fourth-order valence-electron chi connectivity index (χ4n) is 2.72. The molecule has 0 spiro atoms. The number of rotatable bonds is 6. The van der Waals surface area contributed by atoms with Gasteiger partial charge in [-0.05, 0) is 59.3 Å². The third-order valence-electron chi connectivity index (χ3n) is 4.23. The Bertz CT molecular complexity index is 1120. The van der Waals surface area contributed by atoms with Gasteiger partial charge in [-0.25, -0.2) is 9.07 Å². The molecule has 29 heavy (non-hydrogen) atoms. The van der Waals surface area contributed by atoms with Crippen molar-refractivity contribution in [1.29, 1.82) is 0 Å². The predicted octanol–water partition coefficient (Wildman–Crippen LogP) is 2.73. The van der Waals surface area contributed by atoms with Crippen LogP contribution < -0.4 is 5.32 Å². The number of carbonyl (C=O) groups is 1. The summed E-state index contributed by atoms with van der Waals surface area (Å²) in [6.45, 7) is 1.93. The summed E-state index contributed by atoms with van der Waals surface area (Å²) < 4.78 is 19.7. The molecule has 1 N–H and O–H groups in total. The van der Waals surface area contributed by atoms with E-state index in [-0.39, 0.29) is 24.6 Å². The molecular weight excluding hydrogens is 377 g/mol. The lowest BCUT2D eigenvalue weighted by molar-refractivity contribution is -0.116. The summed E-state index contributed by atoms with van der Waals surface area (Å²) >= 11 is 0. The largest absolute Gasteiger partial charge is 0.339 e. The Hall–Kier alpha value is -3.95. The van der Waals surface area contributed by atoms with Gasteiger partial charge in [-0.3, -0.25) is 4.79 Å². The molecule has 0 fully saturated rings. The summed E-state index contributed by atoms with van der Waals surface area (Å²) in [4.78, 5) is 16.5. The normalized spacial score (nSPS) is 10.8. The predicted molar refractivity (Wildman–Crippen MR) is 101 cm³/mol. The fraction of sp³-hybridized carbons (Fsp3) is 0.158. The molecule has 0 saturated heterocycles. The SMILES string of the molecule is Cc1ccc(NC(=O)CCc2nc(-c3ccc(F)cc3)no2)cc1-n1cnnn1. The highest BCUT2D eigenvalue weighted by Crippen LogP contribution is 2.19. The number of carbonyl (C=O) groups excluding carboxylic acids is 1. The molecule has 0 aliphatic carbocycles. The lowest BCUT2D eigenvalue weighted by Crippen LogP contribution is -2.13. The van der Waals surface area contributed by atoms with E-state index in [2.05, 4.69) is 31.0 Å². The number of anilines is 1. The van der Waals surface area contributed by atoms with Crippen LogP contribution in [0.1, 0.15) is 17.9 Å². The summed E-state index contributed by atoms with van der Waals surface area (Å²) in [6, 6.07) is 11.3. The molecule has 2 heterocycles. The van der Waals surface area contributed by atoms with Crippen molar-refractivity contribution in [2.45, 2.75) is 19.8 Å². The van der Waals surface area contributed by atoms with E-state index < -0.39 is 0 Å². The number of aryl methyl sites for hydroxylation is 2. The second kappa shape index (κ2) is 7.97. The average molecular weight is 393 g/mol. The number of nitrogens with zero attached hydrogens (tertiary/aromatic N) is 6. The van der Waals surface area contributed by atoms with Crippen LogP contribution in [0.5, 0.6) is 0 Å². The highest BCUT2D eigenvalue weighted by molar-refractivity contribution is 5.91. The molecule has 0 aliphatic heterocycles. The topological polar surface area (TPSA) is 112 Å². The number of hydrogen-bond donors (Lipinski definition) is 1. The van der Waals surface area contributed by atoms with Gasteiger partial charge in [0.2, 0.25) is 17.6 Å². The zero-order valence-corrected chi connectivity index (χ0v) is 15.4. The molecule has 2 aromatic heterocycles. The van der Waals surface area contributed by atoms with Gasteiger partial charge in [-0.2, -0.15) is 4.98 Å². The highest BCUT2D eigenvalue weighted by atomic mass is 19.1. The standard InChI is InChI=1S/C19H16FN7O2/c1-12-2-7-15(10-16(12)27-11-21-25-26-27)22-17(28)8-9-18-23-19(24-29-18)13-3-5-14(20)6-4-13/h2-7,10-11H,8-9H2,1H3,(H,22,28). The molecule has 0 bridgehead atoms. The van der Waals surface area contributed by atoms with E-state index in [1.165, 1.54) is 23.1 Å². The number of aromatic nitrogens is 6. The van der Waals surface area contributed by atoms with Crippen LogP contribution in [0.4, 0.5) is 10.1 Å². The Morgan fingerprint density at radius 3 is 2.79 bits per heavy atom. The van der Waals surface area contributed by atoms with Crippen molar-refractivity contribution in [2.24, 2.45) is 0 Å². The van der Waals surface area contributed by atoms with Gasteiger partial charge >= 0.3 is 0 Å². The lowest BCUT2D eigenvalue weighted by atomic mass is 10.1. The first-order valence-corrected chi connectivity index (χ1v) is 8.81. The molecule has 9 nitrogen and oxygen atoms in total. The second-order valence-electron chi connectivity index (χ2n) is 6.32. The molecule has 0 unspecified atom stereocenters. The van der Waals surface area contributed by atoms with Gasteiger partial charge in [0, 0.05) is 24.1 Å². The quantitative estimate of drug-likeness (QED) is 0.536. The molecule has 0 atom stereocenters. The lowest BCUT2D eigenvalue weighted by Gasteiger charge is -2.09. The average Bonchev–Trinajstić information content (AvgIpc) is 3.41. The zero-order chi connectivity index (χ0) is 20.2. The summed E-state index contributed by atoms with van der Waals surface area (Å²) in [7, 11) is 0. The summed E-state index contributed by atoms with van der Waals surface area (Å²) in [5.74, 6) is 0.148. The molecule has 146 valence electrons. The van der Waals surface area contributed by atoms with Crippen LogP contribution in [0.2, 0.25) is 0 Å². The van der Waals surface area contributed by atoms with E-state index in [0.29, 0.717) is 23.0 Å². The van der Waals surface area contributed by atoms with Gasteiger partial charge in [-0.15, -0.1) is 5.10 Å². The number of halogens is 1. The Morgan fingerprint density at radius 1 is 1.21 bits per heavy atom. The Morgan fingerprint density at radius 2 is 2.03 bits per heavy atom. The van der Waals surface area contributed by atoms with Crippen LogP contribution in [0.15, 0.2) is 53.3 Å². The van der Waals surface area contributed by atoms with Gasteiger partial charge in [-0.1, -0.05) is 11.2 Å². The minimum Gasteiger partial charge on any atom is -0.339 e. The molecule has 2 aromatic carbocycles. The van der Waals surface area contributed by atoms with Crippen LogP contribution in [0, 0.1) is 12.7 Å². The first kappa shape index (κ1) is 18.4. The molecule has 0 saturated carbocycles. The van der Waals surface area contributed by atoms with Crippen molar-refractivity contribution in [3.05, 3.63) is 66.1 Å². The summed E-state index contributed by atoms with van der Waals surface area (Å²) in [5, 5.41) is 17.8. The maximum absolute atomic E-state index is 13.0. The maximum atomic E-state index is 13.0. The van der Waals surface area contributed by atoms with Crippen molar-refractivity contribution in [3.63, 3.8) is 0 Å². The number of hydrogen-bond acceptors (Lipinski definition) is 7. The van der Waals surface area contributed by atoms with Crippen LogP contribution in [-0.4, -0.2) is 36.3 Å². The Balaban J connectivity index is 1.37. The fourth-order valence-corrected chi connectivity index (χ4v) is 2.72. The van der Waals surface area contributed by atoms with Gasteiger partial charge < -0.3 is 9.84 Å². The highest BCUT2D eigenvalue weighted by Gasteiger charge is 2.12. The Labute approximate surface area is 164 Å². The van der Waals surface area contributed by atoms with Crippen molar-refractivity contribution in [3.8, 4) is 17.1 Å². The number of benzene rings is 2. The Kier molecular flexibility index (Phi) is 5.06. The number of tetrazole rings is 1. The monoisotopic (exact) mass is 393 g/mol. The molecule has 4 rings (SSSR count). The van der Waals surface area contributed by atoms with Crippen molar-refractivity contribution < 1.29 is 13.7 Å². The van der Waals surface area contributed by atoms with Gasteiger partial charge in [0.25, 0.3) is 0 Å². The van der Waals surface area contributed by atoms with E-state index in [1.807, 2.05) is 13.0 Å². The van der Waals surface area contributed by atoms with E-state index in [4.69, 9.17) is 4.52 Å². The van der Waals surface area contributed by atoms with Crippen LogP contribution in [0.25, 0.3) is 17.1 Å². The molecule has 1 amide bonds. The van der Waals surface area contributed by atoms with Crippen LogP contribution in [-0.2, 0) is 11.2 Å². The molecule has 10 heteroatoms. The maximum Gasteiger partial charge on any atom is 0.227 e. The second-order valence-corrected chi connectivity index (χ2v) is 6.32. The van der Waals surface area contributed by atoms with Crippen molar-refractivity contribution >= 4 is 11.6 Å². The van der Waals surface area contributed by atoms with E-state index in [1.54, 1.807) is 24.3 Å². The van der Waals surface area contributed by atoms with Crippen molar-refractivity contribution in [1.82, 2.24) is 30.3 Å². The molecule has 4 aromatic rings. The minimum atomic E-state index is -0.339. The van der Waals surface area contributed by atoms with E-state index in [9.17, 15) is 9.18 Å². The summed E-state index contributed by atoms with van der Waals surface area (Å²) in [6.07, 6.45) is 1.94. The summed E-state index contributed by atoms with van der Waals surface area (Å²) in [5.41, 5.74) is 3.01. The molecular formula is C19H16FN7O2. The third-order valence-corrected chi connectivity index (χ3v) is 4.23. The smallest absolute Gasteiger partial charge is 0.227 e. The van der Waals surface area contributed by atoms with Crippen LogP contribution >= 0.6 is 0 Å². The van der Waals surface area contributed by atoms with Crippen molar-refractivity contribution in [2.75, 3.05) is 5.32 Å². The van der Waals surface area contributed by atoms with E-state index in [0.717, 1.165) is 11.3 Å². The van der Waals surface area contributed by atoms with Crippen LogP contribution in [0.3, 0.4) is 0 Å². The molecule has 0 aliphatic rings. The number of amides is 1. The van der Waals surface area contributed by atoms with Gasteiger partial charge in [0.15, 0.2) is 0 Å². The van der Waals surface area contributed by atoms with Gasteiger partial charge in [0.1, 0.15) is 12.1 Å². The first-order chi connectivity index (χ1) is 14.1. The van der Waals surface area contributed by atoms with E-state index >= 15 is 0 Å². The number of nitrogens with one attached hydrogen (secondary N) is 1. The van der Waals surface area contributed by atoms with Gasteiger partial charge in [0.05, 0.1) is 5.69 Å². The molecule has 0 radical (unpaired) electrons. The first-order valence-electron chi connectivity index (χ1n) is 8.81. The minimum absolute atomic E-state index is 0.166. The third kappa shape index (κ3) is 4.32.